The fourth-order valence-electron chi connectivity index (χ4n) is 3.44. The number of hydrogen-bond acceptors (Lipinski definition) is 4. The Bertz CT molecular complexity index is 1130. The number of amides is 1. The second-order valence-electron chi connectivity index (χ2n) is 6.75. The van der Waals surface area contributed by atoms with Crippen LogP contribution in [-0.4, -0.2) is 64.1 Å². The molecular weight excluding hydrogens is 397 g/mol. The van der Waals surface area contributed by atoms with E-state index in [-0.39, 0.29) is 37.0 Å². The lowest BCUT2D eigenvalue weighted by atomic mass is 10.2. The minimum Gasteiger partial charge on any atom is -0.336 e. The topological polar surface area (TPSA) is 80.4 Å². The summed E-state index contributed by atoms with van der Waals surface area (Å²) in [6.07, 6.45) is 5.18. The third kappa shape index (κ3) is 3.56. The molecule has 1 aliphatic heterocycles. The molecule has 0 N–H and O–H groups in total. The quantitative estimate of drug-likeness (QED) is 0.644. The van der Waals surface area contributed by atoms with Gasteiger partial charge in [-0.25, -0.2) is 12.8 Å². The summed E-state index contributed by atoms with van der Waals surface area (Å²) in [6, 6.07) is 8.66. The van der Waals surface area contributed by atoms with Crippen molar-refractivity contribution in [1.82, 2.24) is 23.6 Å². The van der Waals surface area contributed by atoms with Crippen LogP contribution in [0.4, 0.5) is 4.39 Å². The standard InChI is InChI=1S/C19H20FN5O3S/c1-22-18(23-7-2-3-8-23)17(14-21-22)19(26)24-9-11-25(12-10-24)29(27,28)16-6-4-5-15(20)13-16/h2-8,13-14H,9-12H2,1H3. The number of carbonyl (C=O) groups excluding carboxylic acids is 1. The molecule has 0 aliphatic carbocycles. The van der Waals surface area contributed by atoms with E-state index < -0.39 is 15.8 Å². The molecule has 29 heavy (non-hydrogen) atoms. The van der Waals surface area contributed by atoms with Crippen molar-refractivity contribution in [2.24, 2.45) is 7.05 Å². The van der Waals surface area contributed by atoms with Crippen LogP contribution in [0.3, 0.4) is 0 Å². The molecule has 152 valence electrons. The number of sulfonamides is 1. The van der Waals surface area contributed by atoms with Crippen molar-refractivity contribution in [2.75, 3.05) is 26.2 Å². The monoisotopic (exact) mass is 417 g/mol. The number of piperazine rings is 1. The fourth-order valence-corrected chi connectivity index (χ4v) is 4.90. The van der Waals surface area contributed by atoms with Crippen LogP contribution in [0.15, 0.2) is 59.9 Å². The van der Waals surface area contributed by atoms with E-state index in [2.05, 4.69) is 5.10 Å². The van der Waals surface area contributed by atoms with Crippen molar-refractivity contribution in [3.63, 3.8) is 0 Å². The van der Waals surface area contributed by atoms with Crippen molar-refractivity contribution in [3.05, 3.63) is 66.4 Å². The molecule has 10 heteroatoms. The summed E-state index contributed by atoms with van der Waals surface area (Å²) in [5.41, 5.74) is 0.449. The number of aromatic nitrogens is 3. The zero-order valence-corrected chi connectivity index (χ0v) is 16.6. The molecule has 1 aliphatic rings. The molecule has 1 aromatic carbocycles. The first-order valence-corrected chi connectivity index (χ1v) is 10.5. The highest BCUT2D eigenvalue weighted by Crippen LogP contribution is 2.21. The van der Waals surface area contributed by atoms with Gasteiger partial charge in [0.05, 0.1) is 11.1 Å². The van der Waals surface area contributed by atoms with E-state index >= 15 is 0 Å². The lowest BCUT2D eigenvalue weighted by Crippen LogP contribution is -2.50. The number of carbonyl (C=O) groups is 1. The highest BCUT2D eigenvalue weighted by molar-refractivity contribution is 7.89. The number of benzene rings is 1. The molecular formula is C19H20FN5O3S. The maximum atomic E-state index is 13.4. The average Bonchev–Trinajstić information content (AvgIpc) is 3.37. The molecule has 3 aromatic rings. The second kappa shape index (κ2) is 7.45. The van der Waals surface area contributed by atoms with E-state index in [0.717, 1.165) is 6.07 Å². The maximum Gasteiger partial charge on any atom is 0.259 e. The van der Waals surface area contributed by atoms with Crippen molar-refractivity contribution < 1.29 is 17.6 Å². The second-order valence-corrected chi connectivity index (χ2v) is 8.69. The first kappa shape index (κ1) is 19.3. The van der Waals surface area contributed by atoms with Gasteiger partial charge in [-0.1, -0.05) is 6.07 Å². The Morgan fingerprint density at radius 1 is 1.07 bits per heavy atom. The van der Waals surface area contributed by atoms with Gasteiger partial charge in [0.25, 0.3) is 5.91 Å². The lowest BCUT2D eigenvalue weighted by Gasteiger charge is -2.34. The van der Waals surface area contributed by atoms with Crippen molar-refractivity contribution >= 4 is 15.9 Å². The van der Waals surface area contributed by atoms with Gasteiger partial charge in [0.1, 0.15) is 17.2 Å². The number of hydrogen-bond donors (Lipinski definition) is 0. The van der Waals surface area contributed by atoms with Crippen LogP contribution in [0, 0.1) is 5.82 Å². The number of aryl methyl sites for hydroxylation is 1. The van der Waals surface area contributed by atoms with Gasteiger partial charge in [0.15, 0.2) is 0 Å². The minimum absolute atomic E-state index is 0.0839. The van der Waals surface area contributed by atoms with Crippen LogP contribution in [0.1, 0.15) is 10.4 Å². The Hall–Kier alpha value is -2.98. The van der Waals surface area contributed by atoms with Gasteiger partial charge in [-0.3, -0.25) is 9.48 Å². The van der Waals surface area contributed by atoms with Crippen LogP contribution >= 0.6 is 0 Å². The molecule has 0 atom stereocenters. The largest absolute Gasteiger partial charge is 0.336 e. The Morgan fingerprint density at radius 2 is 1.76 bits per heavy atom. The molecule has 0 unspecified atom stereocenters. The van der Waals surface area contributed by atoms with Crippen LogP contribution < -0.4 is 0 Å². The summed E-state index contributed by atoms with van der Waals surface area (Å²) in [7, 11) is -2.04. The van der Waals surface area contributed by atoms with Crippen molar-refractivity contribution in [1.29, 1.82) is 0 Å². The Morgan fingerprint density at radius 3 is 2.41 bits per heavy atom. The smallest absolute Gasteiger partial charge is 0.259 e. The zero-order valence-electron chi connectivity index (χ0n) is 15.8. The highest BCUT2D eigenvalue weighted by Gasteiger charge is 2.32. The fraction of sp³-hybridized carbons (Fsp3) is 0.263. The molecule has 8 nitrogen and oxygen atoms in total. The van der Waals surface area contributed by atoms with Gasteiger partial charge in [-0.2, -0.15) is 9.40 Å². The van der Waals surface area contributed by atoms with Gasteiger partial charge < -0.3 is 9.47 Å². The summed E-state index contributed by atoms with van der Waals surface area (Å²) in [6.45, 7) is 0.772. The summed E-state index contributed by atoms with van der Waals surface area (Å²) in [5.74, 6) is -0.159. The summed E-state index contributed by atoms with van der Waals surface area (Å²) in [4.78, 5) is 14.6. The summed E-state index contributed by atoms with van der Waals surface area (Å²) >= 11 is 0. The van der Waals surface area contributed by atoms with E-state index in [1.807, 2.05) is 29.1 Å². The predicted molar refractivity (Wildman–Crippen MR) is 104 cm³/mol. The molecule has 0 spiro atoms. The van der Waals surface area contributed by atoms with E-state index in [1.165, 1.54) is 28.7 Å². The molecule has 1 saturated heterocycles. The molecule has 3 heterocycles. The lowest BCUT2D eigenvalue weighted by molar-refractivity contribution is 0.0698. The Balaban J connectivity index is 1.50. The molecule has 0 radical (unpaired) electrons. The first-order chi connectivity index (χ1) is 13.9. The molecule has 1 fully saturated rings. The SMILES string of the molecule is Cn1ncc(C(=O)N2CCN(S(=O)(=O)c3cccc(F)c3)CC2)c1-n1cccc1. The molecule has 2 aromatic heterocycles. The van der Waals surface area contributed by atoms with E-state index in [0.29, 0.717) is 11.4 Å². The summed E-state index contributed by atoms with van der Waals surface area (Å²) in [5, 5.41) is 4.20. The normalized spacial score (nSPS) is 15.6. The predicted octanol–water partition coefficient (Wildman–Crippen LogP) is 1.50. The van der Waals surface area contributed by atoms with Crippen molar-refractivity contribution in [2.45, 2.75) is 4.90 Å². The van der Waals surface area contributed by atoms with Crippen LogP contribution in [-0.2, 0) is 17.1 Å². The first-order valence-electron chi connectivity index (χ1n) is 9.08. The van der Waals surface area contributed by atoms with Gasteiger partial charge >= 0.3 is 0 Å². The third-order valence-corrected chi connectivity index (χ3v) is 6.84. The summed E-state index contributed by atoms with van der Waals surface area (Å²) < 4.78 is 43.6. The average molecular weight is 417 g/mol. The van der Waals surface area contributed by atoms with E-state index in [4.69, 9.17) is 0 Å². The van der Waals surface area contributed by atoms with Crippen molar-refractivity contribution in [3.8, 4) is 5.82 Å². The van der Waals surface area contributed by atoms with Gasteiger partial charge in [0.2, 0.25) is 10.0 Å². The molecule has 0 bridgehead atoms. The van der Waals surface area contributed by atoms with Crippen LogP contribution in [0.5, 0.6) is 0 Å². The number of rotatable bonds is 4. The molecule has 4 rings (SSSR count). The Kier molecular flexibility index (Phi) is 4.97. The number of nitrogens with zero attached hydrogens (tertiary/aromatic N) is 5. The van der Waals surface area contributed by atoms with Gasteiger partial charge in [0, 0.05) is 45.6 Å². The van der Waals surface area contributed by atoms with E-state index in [9.17, 15) is 17.6 Å². The van der Waals surface area contributed by atoms with Crippen LogP contribution in [0.25, 0.3) is 5.82 Å². The maximum absolute atomic E-state index is 13.4. The zero-order chi connectivity index (χ0) is 20.6. The Labute approximate surface area is 167 Å². The van der Waals surface area contributed by atoms with E-state index in [1.54, 1.807) is 16.6 Å². The third-order valence-electron chi connectivity index (χ3n) is 4.95. The highest BCUT2D eigenvalue weighted by atomic mass is 32.2. The molecule has 0 saturated carbocycles. The van der Waals surface area contributed by atoms with Crippen LogP contribution in [0.2, 0.25) is 0 Å². The number of halogens is 1. The minimum atomic E-state index is -3.80. The van der Waals surface area contributed by atoms with Gasteiger partial charge in [-0.05, 0) is 30.3 Å². The van der Waals surface area contributed by atoms with Gasteiger partial charge in [-0.15, -0.1) is 0 Å². The molecule has 1 amide bonds.